The highest BCUT2D eigenvalue weighted by atomic mass is 16.5. The van der Waals surface area contributed by atoms with Crippen molar-refractivity contribution in [2.75, 3.05) is 13.2 Å². The maximum atomic E-state index is 4.65. The van der Waals surface area contributed by atoms with Crippen LogP contribution in [-0.2, 0) is 4.74 Å². The fourth-order valence-electron chi connectivity index (χ4n) is 1.96. The second kappa shape index (κ2) is 6.61. The van der Waals surface area contributed by atoms with Crippen LogP contribution in [0.15, 0.2) is 65.8 Å². The van der Waals surface area contributed by atoms with Crippen molar-refractivity contribution >= 4 is 17.3 Å². The first-order valence-electron chi connectivity index (χ1n) is 6.80. The van der Waals surface area contributed by atoms with E-state index in [1.807, 2.05) is 60.8 Å². The molecule has 0 radical (unpaired) electrons. The number of fused-ring (bicyclic) bond motifs is 1. The van der Waals surface area contributed by atoms with Gasteiger partial charge in [0.25, 0.3) is 0 Å². The number of para-hydroxylation sites is 1. The molecule has 0 fully saturated rings. The van der Waals surface area contributed by atoms with Crippen molar-refractivity contribution < 1.29 is 4.74 Å². The molecule has 2 heterocycles. The van der Waals surface area contributed by atoms with Gasteiger partial charge >= 0.3 is 0 Å². The molecule has 0 bridgehead atoms. The molecule has 0 spiro atoms. The van der Waals surface area contributed by atoms with Gasteiger partial charge in [-0.3, -0.25) is 4.99 Å². The third kappa shape index (κ3) is 3.42. The largest absolute Gasteiger partial charge is 0.482 e. The van der Waals surface area contributed by atoms with Crippen LogP contribution in [0.3, 0.4) is 0 Å². The zero-order chi connectivity index (χ0) is 14.3. The Labute approximate surface area is 123 Å². The quantitative estimate of drug-likeness (QED) is 0.685. The van der Waals surface area contributed by atoms with E-state index < -0.39 is 0 Å². The van der Waals surface area contributed by atoms with Crippen molar-refractivity contribution in [3.63, 3.8) is 0 Å². The molecule has 1 aliphatic rings. The summed E-state index contributed by atoms with van der Waals surface area (Å²) >= 11 is 0. The highest BCUT2D eigenvalue weighted by Crippen LogP contribution is 2.17. The summed E-state index contributed by atoms with van der Waals surface area (Å²) in [7, 11) is 0. The summed E-state index contributed by atoms with van der Waals surface area (Å²) in [6.07, 6.45) is 3.35. The van der Waals surface area contributed by atoms with Crippen LogP contribution < -0.4 is 0 Å². The SMILES string of the molecule is C1=NCCO1.c1ccc(-c2ncc3ccccc3n2)cc1. The summed E-state index contributed by atoms with van der Waals surface area (Å²) in [5.41, 5.74) is 2.03. The molecule has 3 aromatic rings. The Hall–Kier alpha value is -2.75. The van der Waals surface area contributed by atoms with E-state index >= 15 is 0 Å². The average Bonchev–Trinajstić information content (AvgIpc) is 3.15. The molecule has 0 saturated heterocycles. The summed E-state index contributed by atoms with van der Waals surface area (Å²) in [4.78, 5) is 12.6. The minimum Gasteiger partial charge on any atom is -0.482 e. The number of nitrogens with zero attached hydrogens (tertiary/aromatic N) is 3. The van der Waals surface area contributed by atoms with Crippen LogP contribution in [0.5, 0.6) is 0 Å². The monoisotopic (exact) mass is 277 g/mol. The van der Waals surface area contributed by atoms with Crippen LogP contribution in [0.25, 0.3) is 22.3 Å². The molecule has 2 aromatic carbocycles. The number of aliphatic imine (C=N–C) groups is 1. The molecule has 0 atom stereocenters. The molecular formula is C17H15N3O. The normalized spacial score (nSPS) is 12.6. The summed E-state index contributed by atoms with van der Waals surface area (Å²) in [5, 5.41) is 1.07. The lowest BCUT2D eigenvalue weighted by molar-refractivity contribution is 0.361. The van der Waals surface area contributed by atoms with Crippen LogP contribution in [0.1, 0.15) is 0 Å². The predicted molar refractivity (Wildman–Crippen MR) is 84.3 cm³/mol. The van der Waals surface area contributed by atoms with E-state index in [1.165, 1.54) is 6.40 Å². The second-order valence-electron chi connectivity index (χ2n) is 4.50. The number of hydrogen-bond donors (Lipinski definition) is 0. The first-order chi connectivity index (χ1) is 10.4. The van der Waals surface area contributed by atoms with Crippen LogP contribution in [0.4, 0.5) is 0 Å². The standard InChI is InChI=1S/C14H10N2.C3H5NO/c1-2-6-11(7-3-1)14-15-10-12-8-4-5-9-13(12)16-14;1-2-5-3-4-1/h1-10H;3H,1-2H2. The highest BCUT2D eigenvalue weighted by Gasteiger charge is 2.01. The minimum absolute atomic E-state index is 0.777. The lowest BCUT2D eigenvalue weighted by Crippen LogP contribution is -1.88. The Morgan fingerprint density at radius 3 is 2.43 bits per heavy atom. The molecule has 21 heavy (non-hydrogen) atoms. The van der Waals surface area contributed by atoms with Gasteiger partial charge in [-0.05, 0) is 6.07 Å². The number of aromatic nitrogens is 2. The van der Waals surface area contributed by atoms with E-state index in [0.717, 1.165) is 35.4 Å². The first-order valence-corrected chi connectivity index (χ1v) is 6.80. The molecular weight excluding hydrogens is 262 g/mol. The summed E-state index contributed by atoms with van der Waals surface area (Å²) in [6.45, 7) is 1.62. The number of hydrogen-bond acceptors (Lipinski definition) is 4. The molecule has 0 N–H and O–H groups in total. The summed E-state index contributed by atoms with van der Waals surface area (Å²) in [6, 6.07) is 18.0. The number of rotatable bonds is 1. The van der Waals surface area contributed by atoms with Crippen molar-refractivity contribution in [1.29, 1.82) is 0 Å². The van der Waals surface area contributed by atoms with E-state index in [1.54, 1.807) is 0 Å². The highest BCUT2D eigenvalue weighted by molar-refractivity contribution is 5.79. The maximum Gasteiger partial charge on any atom is 0.169 e. The van der Waals surface area contributed by atoms with Crippen molar-refractivity contribution in [2.24, 2.45) is 4.99 Å². The van der Waals surface area contributed by atoms with Crippen molar-refractivity contribution in [1.82, 2.24) is 9.97 Å². The Morgan fingerprint density at radius 2 is 1.71 bits per heavy atom. The second-order valence-corrected chi connectivity index (χ2v) is 4.50. The van der Waals surface area contributed by atoms with Crippen molar-refractivity contribution in [3.8, 4) is 11.4 Å². The van der Waals surface area contributed by atoms with Crippen molar-refractivity contribution in [2.45, 2.75) is 0 Å². The third-order valence-corrected chi connectivity index (χ3v) is 3.01. The summed E-state index contributed by atoms with van der Waals surface area (Å²) < 4.78 is 4.65. The lowest BCUT2D eigenvalue weighted by atomic mass is 10.2. The van der Waals surface area contributed by atoms with Gasteiger partial charge in [0, 0.05) is 17.1 Å². The lowest BCUT2D eigenvalue weighted by Gasteiger charge is -2.01. The van der Waals surface area contributed by atoms with Gasteiger partial charge in [-0.1, -0.05) is 48.5 Å². The average molecular weight is 277 g/mol. The number of ether oxygens (including phenoxy) is 1. The zero-order valence-corrected chi connectivity index (χ0v) is 11.5. The smallest absolute Gasteiger partial charge is 0.169 e. The Morgan fingerprint density at radius 1 is 0.905 bits per heavy atom. The fourth-order valence-corrected chi connectivity index (χ4v) is 1.96. The van der Waals surface area contributed by atoms with E-state index in [4.69, 9.17) is 0 Å². The predicted octanol–water partition coefficient (Wildman–Crippen LogP) is 3.34. The van der Waals surface area contributed by atoms with Gasteiger partial charge < -0.3 is 4.74 Å². The molecule has 4 rings (SSSR count). The topological polar surface area (TPSA) is 47.4 Å². The molecule has 0 amide bonds. The molecule has 104 valence electrons. The van der Waals surface area contributed by atoms with E-state index in [0.29, 0.717) is 0 Å². The van der Waals surface area contributed by atoms with Gasteiger partial charge in [0.1, 0.15) is 6.61 Å². The van der Waals surface area contributed by atoms with Crippen LogP contribution in [0.2, 0.25) is 0 Å². The zero-order valence-electron chi connectivity index (χ0n) is 11.5. The minimum atomic E-state index is 0.777. The van der Waals surface area contributed by atoms with Gasteiger partial charge in [-0.15, -0.1) is 0 Å². The van der Waals surface area contributed by atoms with E-state index in [-0.39, 0.29) is 0 Å². The molecule has 0 saturated carbocycles. The fraction of sp³-hybridized carbons (Fsp3) is 0.118. The first kappa shape index (κ1) is 13.2. The Bertz CT molecular complexity index is 735. The molecule has 0 unspecified atom stereocenters. The summed E-state index contributed by atoms with van der Waals surface area (Å²) in [5.74, 6) is 0.777. The molecule has 4 heteroatoms. The van der Waals surface area contributed by atoms with Gasteiger partial charge in [-0.25, -0.2) is 9.97 Å². The molecule has 4 nitrogen and oxygen atoms in total. The van der Waals surface area contributed by atoms with Crippen LogP contribution in [-0.4, -0.2) is 29.5 Å². The van der Waals surface area contributed by atoms with Gasteiger partial charge in [0.15, 0.2) is 12.2 Å². The molecule has 1 aliphatic heterocycles. The van der Waals surface area contributed by atoms with Crippen LogP contribution in [0, 0.1) is 0 Å². The van der Waals surface area contributed by atoms with Gasteiger partial charge in [0.2, 0.25) is 0 Å². The van der Waals surface area contributed by atoms with Gasteiger partial charge in [-0.2, -0.15) is 0 Å². The number of benzene rings is 2. The van der Waals surface area contributed by atoms with E-state index in [2.05, 4.69) is 19.7 Å². The Balaban J connectivity index is 0.000000225. The maximum absolute atomic E-state index is 4.65. The van der Waals surface area contributed by atoms with E-state index in [9.17, 15) is 0 Å². The van der Waals surface area contributed by atoms with Crippen molar-refractivity contribution in [3.05, 3.63) is 60.8 Å². The van der Waals surface area contributed by atoms with Crippen LogP contribution >= 0.6 is 0 Å². The van der Waals surface area contributed by atoms with Gasteiger partial charge in [0.05, 0.1) is 12.1 Å². The third-order valence-electron chi connectivity index (χ3n) is 3.01. The molecule has 0 aliphatic carbocycles. The molecule has 1 aromatic heterocycles. The Kier molecular flexibility index (Phi) is 4.17.